The van der Waals surface area contributed by atoms with Crippen LogP contribution in [0.4, 0.5) is 14.5 Å². The summed E-state index contributed by atoms with van der Waals surface area (Å²) in [5.74, 6) is -1.49. The number of rotatable bonds is 4. The van der Waals surface area contributed by atoms with Gasteiger partial charge in [0.15, 0.2) is 0 Å². The van der Waals surface area contributed by atoms with E-state index in [0.29, 0.717) is 5.46 Å². The van der Waals surface area contributed by atoms with E-state index in [1.54, 1.807) is 0 Å². The van der Waals surface area contributed by atoms with E-state index < -0.39 is 40.0 Å². The first-order valence-corrected chi connectivity index (χ1v) is 9.83. The van der Waals surface area contributed by atoms with Gasteiger partial charge in [0.25, 0.3) is 10.0 Å². The third kappa shape index (κ3) is 3.85. The molecule has 1 heterocycles. The number of hydrogen-bond acceptors (Lipinski definition) is 4. The standard InChI is InChI=1S/C18H20BF2NO4S/c1-17(2)18(3,4)26-19(25-17)12-8-9-16(15(21)10-12)22-27(23,24)14-7-5-6-13(20)11-14/h5-11,22H,1-4H3. The molecule has 0 bridgehead atoms. The molecule has 5 nitrogen and oxygen atoms in total. The van der Waals surface area contributed by atoms with E-state index in [0.717, 1.165) is 18.2 Å². The summed E-state index contributed by atoms with van der Waals surface area (Å²) in [6.45, 7) is 7.52. The van der Waals surface area contributed by atoms with Crippen LogP contribution >= 0.6 is 0 Å². The van der Waals surface area contributed by atoms with E-state index in [9.17, 15) is 17.2 Å². The fourth-order valence-corrected chi connectivity index (χ4v) is 3.68. The quantitative estimate of drug-likeness (QED) is 0.809. The van der Waals surface area contributed by atoms with E-state index in [-0.39, 0.29) is 10.6 Å². The molecule has 1 saturated heterocycles. The Balaban J connectivity index is 1.84. The first-order chi connectivity index (χ1) is 12.4. The molecule has 0 spiro atoms. The summed E-state index contributed by atoms with van der Waals surface area (Å²) < 4.78 is 66.3. The van der Waals surface area contributed by atoms with Gasteiger partial charge in [0.2, 0.25) is 0 Å². The Hall–Kier alpha value is -1.97. The molecule has 0 unspecified atom stereocenters. The van der Waals surface area contributed by atoms with Gasteiger partial charge in [-0.25, -0.2) is 17.2 Å². The zero-order valence-electron chi connectivity index (χ0n) is 15.4. The van der Waals surface area contributed by atoms with Crippen LogP contribution in [0.25, 0.3) is 0 Å². The van der Waals surface area contributed by atoms with Crippen molar-refractivity contribution in [2.75, 3.05) is 4.72 Å². The maximum absolute atomic E-state index is 14.5. The third-order valence-electron chi connectivity index (χ3n) is 4.87. The molecule has 2 aromatic rings. The molecule has 2 aromatic carbocycles. The first kappa shape index (κ1) is 19.8. The Morgan fingerprint density at radius 3 is 2.15 bits per heavy atom. The molecule has 1 aliphatic rings. The van der Waals surface area contributed by atoms with Gasteiger partial charge < -0.3 is 9.31 Å². The van der Waals surface area contributed by atoms with Crippen LogP contribution in [0.1, 0.15) is 27.7 Å². The molecule has 0 atom stereocenters. The van der Waals surface area contributed by atoms with E-state index >= 15 is 0 Å². The molecule has 1 fully saturated rings. The number of halogens is 2. The van der Waals surface area contributed by atoms with Crippen LogP contribution in [0.15, 0.2) is 47.4 Å². The van der Waals surface area contributed by atoms with Crippen LogP contribution in [0.3, 0.4) is 0 Å². The average Bonchev–Trinajstić information content (AvgIpc) is 2.77. The van der Waals surface area contributed by atoms with Crippen LogP contribution < -0.4 is 10.2 Å². The van der Waals surface area contributed by atoms with E-state index in [4.69, 9.17) is 9.31 Å². The van der Waals surface area contributed by atoms with Crippen LogP contribution in [0, 0.1) is 11.6 Å². The second-order valence-electron chi connectivity index (χ2n) is 7.39. The molecule has 1 N–H and O–H groups in total. The van der Waals surface area contributed by atoms with Crippen molar-refractivity contribution < 1.29 is 26.5 Å². The van der Waals surface area contributed by atoms with Crippen molar-refractivity contribution in [3.63, 3.8) is 0 Å². The summed E-state index contributed by atoms with van der Waals surface area (Å²) >= 11 is 0. The first-order valence-electron chi connectivity index (χ1n) is 8.35. The molecule has 1 aliphatic heterocycles. The van der Waals surface area contributed by atoms with Crippen molar-refractivity contribution in [1.82, 2.24) is 0 Å². The molecular weight excluding hydrogens is 375 g/mol. The summed E-state index contributed by atoms with van der Waals surface area (Å²) in [6, 6.07) is 8.44. The lowest BCUT2D eigenvalue weighted by molar-refractivity contribution is 0.00578. The van der Waals surface area contributed by atoms with Gasteiger partial charge in [-0.05, 0) is 63.5 Å². The lowest BCUT2D eigenvalue weighted by Crippen LogP contribution is -2.41. The third-order valence-corrected chi connectivity index (χ3v) is 6.23. The highest BCUT2D eigenvalue weighted by molar-refractivity contribution is 7.92. The van der Waals surface area contributed by atoms with Crippen LogP contribution in [0.2, 0.25) is 0 Å². The van der Waals surface area contributed by atoms with Gasteiger partial charge in [-0.15, -0.1) is 0 Å². The minimum absolute atomic E-state index is 0.250. The Morgan fingerprint density at radius 1 is 0.963 bits per heavy atom. The SMILES string of the molecule is CC1(C)OB(c2ccc(NS(=O)(=O)c3cccc(F)c3)c(F)c2)OC1(C)C. The van der Waals surface area contributed by atoms with Gasteiger partial charge in [0, 0.05) is 0 Å². The smallest absolute Gasteiger partial charge is 0.399 e. The largest absolute Gasteiger partial charge is 0.494 e. The lowest BCUT2D eigenvalue weighted by Gasteiger charge is -2.32. The predicted octanol–water partition coefficient (Wildman–Crippen LogP) is 3.06. The molecule has 0 radical (unpaired) electrons. The number of benzene rings is 2. The Labute approximate surface area is 157 Å². The fraction of sp³-hybridized carbons (Fsp3) is 0.333. The number of sulfonamides is 1. The second-order valence-corrected chi connectivity index (χ2v) is 9.07. The summed E-state index contributed by atoms with van der Waals surface area (Å²) in [5, 5.41) is 0. The molecule has 144 valence electrons. The zero-order valence-corrected chi connectivity index (χ0v) is 16.2. The van der Waals surface area contributed by atoms with Crippen molar-refractivity contribution in [2.24, 2.45) is 0 Å². The summed E-state index contributed by atoms with van der Waals surface area (Å²) in [4.78, 5) is -0.295. The molecule has 0 amide bonds. The van der Waals surface area contributed by atoms with Gasteiger partial charge in [-0.1, -0.05) is 12.1 Å². The number of anilines is 1. The van der Waals surface area contributed by atoms with Gasteiger partial charge >= 0.3 is 7.12 Å². The molecular formula is C18H20BF2NO4S. The number of hydrogen-bond donors (Lipinski definition) is 1. The Bertz CT molecular complexity index is 963. The summed E-state index contributed by atoms with van der Waals surface area (Å²) in [7, 11) is -4.89. The van der Waals surface area contributed by atoms with E-state index in [1.807, 2.05) is 27.7 Å². The minimum atomic E-state index is -4.12. The molecule has 0 aliphatic carbocycles. The van der Waals surface area contributed by atoms with Crippen LogP contribution in [0.5, 0.6) is 0 Å². The molecule has 3 rings (SSSR count). The van der Waals surface area contributed by atoms with Crippen molar-refractivity contribution in [3.8, 4) is 0 Å². The topological polar surface area (TPSA) is 64.6 Å². The van der Waals surface area contributed by atoms with Crippen LogP contribution in [-0.2, 0) is 19.3 Å². The summed E-state index contributed by atoms with van der Waals surface area (Å²) in [6.07, 6.45) is 0. The molecule has 9 heteroatoms. The fourth-order valence-electron chi connectivity index (χ4n) is 2.58. The van der Waals surface area contributed by atoms with Gasteiger partial charge in [-0.2, -0.15) is 0 Å². The van der Waals surface area contributed by atoms with Crippen molar-refractivity contribution in [3.05, 3.63) is 54.1 Å². The Kier molecular flexibility index (Phi) is 4.82. The van der Waals surface area contributed by atoms with E-state index in [1.165, 1.54) is 24.3 Å². The minimum Gasteiger partial charge on any atom is -0.399 e. The predicted molar refractivity (Wildman–Crippen MR) is 99.3 cm³/mol. The van der Waals surface area contributed by atoms with Crippen LogP contribution in [-0.4, -0.2) is 26.7 Å². The van der Waals surface area contributed by atoms with Gasteiger partial charge in [-0.3, -0.25) is 4.72 Å². The van der Waals surface area contributed by atoms with Crippen molar-refractivity contribution >= 4 is 28.3 Å². The average molecular weight is 395 g/mol. The highest BCUT2D eigenvalue weighted by Crippen LogP contribution is 2.36. The molecule has 0 aromatic heterocycles. The molecule has 27 heavy (non-hydrogen) atoms. The lowest BCUT2D eigenvalue weighted by atomic mass is 9.79. The van der Waals surface area contributed by atoms with Gasteiger partial charge in [0.1, 0.15) is 11.6 Å². The highest BCUT2D eigenvalue weighted by atomic mass is 32.2. The van der Waals surface area contributed by atoms with Crippen molar-refractivity contribution in [2.45, 2.75) is 43.8 Å². The molecule has 0 saturated carbocycles. The Morgan fingerprint density at radius 2 is 1.59 bits per heavy atom. The summed E-state index contributed by atoms with van der Waals surface area (Å²) in [5.41, 5.74) is -0.975. The zero-order chi connectivity index (χ0) is 20.0. The van der Waals surface area contributed by atoms with E-state index in [2.05, 4.69) is 4.72 Å². The second kappa shape index (κ2) is 6.58. The van der Waals surface area contributed by atoms with Gasteiger partial charge in [0.05, 0.1) is 21.8 Å². The van der Waals surface area contributed by atoms with Crippen molar-refractivity contribution in [1.29, 1.82) is 0 Å². The monoisotopic (exact) mass is 395 g/mol. The highest BCUT2D eigenvalue weighted by Gasteiger charge is 2.51. The maximum atomic E-state index is 14.5. The normalized spacial score (nSPS) is 18.5. The maximum Gasteiger partial charge on any atom is 0.494 e. The number of nitrogens with one attached hydrogen (secondary N) is 1.